The van der Waals surface area contributed by atoms with Gasteiger partial charge in [0.25, 0.3) is 0 Å². The number of methoxy groups -OCH3 is 1. The number of ether oxygens (including phenoxy) is 1. The molecule has 1 atom stereocenters. The van der Waals surface area contributed by atoms with Crippen LogP contribution in [-0.4, -0.2) is 13.7 Å². The van der Waals surface area contributed by atoms with Crippen molar-refractivity contribution in [2.24, 2.45) is 0 Å². The maximum atomic E-state index is 5.38. The highest BCUT2D eigenvalue weighted by molar-refractivity contribution is 7.12. The van der Waals surface area contributed by atoms with Crippen LogP contribution in [0.25, 0.3) is 0 Å². The molecule has 1 aliphatic rings. The number of aryl methyl sites for hydroxylation is 3. The maximum absolute atomic E-state index is 5.38. The van der Waals surface area contributed by atoms with Crippen LogP contribution >= 0.6 is 11.3 Å². The fourth-order valence-corrected chi connectivity index (χ4v) is 4.52. The van der Waals surface area contributed by atoms with E-state index in [0.29, 0.717) is 6.04 Å². The first-order valence-corrected chi connectivity index (χ1v) is 8.54. The van der Waals surface area contributed by atoms with E-state index in [1.165, 1.54) is 35.3 Å². The maximum Gasteiger partial charge on any atom is 0.121 e. The van der Waals surface area contributed by atoms with Crippen LogP contribution in [0.15, 0.2) is 24.3 Å². The Hall–Kier alpha value is -1.32. The first-order valence-electron chi connectivity index (χ1n) is 7.72. The lowest BCUT2D eigenvalue weighted by molar-refractivity contribution is 0.411. The zero-order valence-corrected chi connectivity index (χ0v) is 13.8. The van der Waals surface area contributed by atoms with Crippen LogP contribution in [0.2, 0.25) is 0 Å². The van der Waals surface area contributed by atoms with Gasteiger partial charge < -0.3 is 10.1 Å². The Morgan fingerprint density at radius 3 is 2.81 bits per heavy atom. The average Bonchev–Trinajstić information content (AvgIpc) is 3.05. The zero-order valence-electron chi connectivity index (χ0n) is 13.0. The van der Waals surface area contributed by atoms with Gasteiger partial charge in [-0.15, -0.1) is 11.3 Å². The molecule has 3 rings (SSSR count). The second-order valence-electron chi connectivity index (χ2n) is 5.67. The van der Waals surface area contributed by atoms with Crippen LogP contribution in [0.3, 0.4) is 0 Å². The van der Waals surface area contributed by atoms with Crippen molar-refractivity contribution in [3.8, 4) is 5.75 Å². The number of nitrogens with one attached hydrogen (secondary N) is 1. The number of hydrogen-bond acceptors (Lipinski definition) is 3. The molecule has 0 fully saturated rings. The van der Waals surface area contributed by atoms with Crippen molar-refractivity contribution in [1.29, 1.82) is 0 Å². The first-order chi connectivity index (χ1) is 10.2. The predicted molar refractivity (Wildman–Crippen MR) is 89.6 cm³/mol. The molecule has 2 aromatic rings. The molecule has 112 valence electrons. The third-order valence-corrected chi connectivity index (χ3v) is 5.51. The lowest BCUT2D eigenvalue weighted by Crippen LogP contribution is -2.21. The molecule has 0 bridgehead atoms. The second-order valence-corrected chi connectivity index (χ2v) is 6.84. The van der Waals surface area contributed by atoms with Gasteiger partial charge in [0.1, 0.15) is 5.75 Å². The Kier molecular flexibility index (Phi) is 4.32. The minimum Gasteiger partial charge on any atom is -0.496 e. The highest BCUT2D eigenvalue weighted by Gasteiger charge is 2.21. The Labute approximate surface area is 131 Å². The van der Waals surface area contributed by atoms with Crippen LogP contribution in [-0.2, 0) is 12.8 Å². The number of benzene rings is 1. The predicted octanol–water partition coefficient (Wildman–Crippen LogP) is 4.25. The zero-order chi connectivity index (χ0) is 14.8. The third-order valence-electron chi connectivity index (χ3n) is 4.21. The number of fused-ring (bicyclic) bond motifs is 1. The van der Waals surface area contributed by atoms with E-state index in [9.17, 15) is 0 Å². The van der Waals surface area contributed by atoms with E-state index in [2.05, 4.69) is 43.4 Å². The summed E-state index contributed by atoms with van der Waals surface area (Å²) in [7, 11) is 1.73. The minimum atomic E-state index is 0.301. The highest BCUT2D eigenvalue weighted by atomic mass is 32.1. The van der Waals surface area contributed by atoms with E-state index < -0.39 is 0 Å². The van der Waals surface area contributed by atoms with Gasteiger partial charge in [-0.2, -0.15) is 0 Å². The summed E-state index contributed by atoms with van der Waals surface area (Å²) >= 11 is 1.99. The lowest BCUT2D eigenvalue weighted by Gasteiger charge is -2.18. The second kappa shape index (κ2) is 6.20. The molecule has 1 heterocycles. The van der Waals surface area contributed by atoms with Crippen LogP contribution in [0.4, 0.5) is 0 Å². The molecule has 1 N–H and O–H groups in total. The molecule has 0 amide bonds. The molecule has 0 saturated heterocycles. The van der Waals surface area contributed by atoms with Crippen molar-refractivity contribution in [2.75, 3.05) is 13.7 Å². The van der Waals surface area contributed by atoms with Crippen LogP contribution in [0, 0.1) is 6.92 Å². The molecule has 0 saturated carbocycles. The number of rotatable bonds is 5. The van der Waals surface area contributed by atoms with Crippen molar-refractivity contribution >= 4 is 11.3 Å². The fraction of sp³-hybridized carbons (Fsp3) is 0.444. The van der Waals surface area contributed by atoms with E-state index in [-0.39, 0.29) is 0 Å². The topological polar surface area (TPSA) is 21.3 Å². The Balaban J connectivity index is 1.95. The Morgan fingerprint density at radius 1 is 1.29 bits per heavy atom. The van der Waals surface area contributed by atoms with Crippen molar-refractivity contribution in [1.82, 2.24) is 5.32 Å². The molecule has 1 aliphatic carbocycles. The van der Waals surface area contributed by atoms with E-state index in [4.69, 9.17) is 4.74 Å². The van der Waals surface area contributed by atoms with Gasteiger partial charge in [-0.25, -0.2) is 0 Å². The Morgan fingerprint density at radius 2 is 2.14 bits per heavy atom. The molecule has 1 unspecified atom stereocenters. The van der Waals surface area contributed by atoms with E-state index in [1.54, 1.807) is 17.6 Å². The quantitative estimate of drug-likeness (QED) is 0.891. The van der Waals surface area contributed by atoms with Crippen LogP contribution in [0.1, 0.15) is 45.8 Å². The SMILES string of the molecule is CCNC(c1ccc(OC)c(C)c1)c1cc2c(s1)CCC2. The minimum absolute atomic E-state index is 0.301. The van der Waals surface area contributed by atoms with Crippen LogP contribution < -0.4 is 10.1 Å². The first kappa shape index (κ1) is 14.6. The van der Waals surface area contributed by atoms with Gasteiger partial charge in [-0.3, -0.25) is 0 Å². The standard InChI is InChI=1S/C18H23NOS/c1-4-19-18(14-8-9-15(20-3)12(2)10-14)17-11-13-6-5-7-16(13)21-17/h8-11,18-19H,4-7H2,1-3H3. The van der Waals surface area contributed by atoms with E-state index in [1.807, 2.05) is 11.3 Å². The van der Waals surface area contributed by atoms with Crippen molar-refractivity contribution in [2.45, 2.75) is 39.2 Å². The van der Waals surface area contributed by atoms with Gasteiger partial charge in [0.15, 0.2) is 0 Å². The normalized spacial score (nSPS) is 15.0. The van der Waals surface area contributed by atoms with Crippen molar-refractivity contribution in [3.05, 3.63) is 50.7 Å². The van der Waals surface area contributed by atoms with Gasteiger partial charge in [-0.05, 0) is 61.6 Å². The molecule has 0 spiro atoms. The summed E-state index contributed by atoms with van der Waals surface area (Å²) < 4.78 is 5.38. The van der Waals surface area contributed by atoms with E-state index in [0.717, 1.165) is 12.3 Å². The van der Waals surface area contributed by atoms with Crippen molar-refractivity contribution < 1.29 is 4.74 Å². The molecule has 1 aromatic heterocycles. The number of thiophene rings is 1. The smallest absolute Gasteiger partial charge is 0.121 e. The summed E-state index contributed by atoms with van der Waals surface area (Å²) in [5.74, 6) is 0.961. The average molecular weight is 301 g/mol. The molecular weight excluding hydrogens is 278 g/mol. The van der Waals surface area contributed by atoms with Gasteiger partial charge >= 0.3 is 0 Å². The van der Waals surface area contributed by atoms with Gasteiger partial charge in [0.2, 0.25) is 0 Å². The fourth-order valence-electron chi connectivity index (χ4n) is 3.16. The molecule has 0 radical (unpaired) electrons. The third kappa shape index (κ3) is 2.85. The highest BCUT2D eigenvalue weighted by Crippen LogP contribution is 2.36. The summed E-state index contributed by atoms with van der Waals surface area (Å²) in [5, 5.41) is 3.64. The monoisotopic (exact) mass is 301 g/mol. The van der Waals surface area contributed by atoms with E-state index >= 15 is 0 Å². The summed E-state index contributed by atoms with van der Waals surface area (Å²) in [4.78, 5) is 3.05. The lowest BCUT2D eigenvalue weighted by atomic mass is 10.0. The largest absolute Gasteiger partial charge is 0.496 e. The molecular formula is C18H23NOS. The molecule has 2 nitrogen and oxygen atoms in total. The van der Waals surface area contributed by atoms with Gasteiger partial charge in [0.05, 0.1) is 13.2 Å². The summed E-state index contributed by atoms with van der Waals surface area (Å²) in [6.45, 7) is 5.25. The molecule has 1 aromatic carbocycles. The van der Waals surface area contributed by atoms with Gasteiger partial charge in [0, 0.05) is 9.75 Å². The summed E-state index contributed by atoms with van der Waals surface area (Å²) in [6, 6.07) is 9.23. The number of hydrogen-bond donors (Lipinski definition) is 1. The van der Waals surface area contributed by atoms with Gasteiger partial charge in [-0.1, -0.05) is 19.1 Å². The summed E-state index contributed by atoms with van der Waals surface area (Å²) in [6.07, 6.45) is 3.85. The van der Waals surface area contributed by atoms with Crippen molar-refractivity contribution in [3.63, 3.8) is 0 Å². The van der Waals surface area contributed by atoms with Crippen LogP contribution in [0.5, 0.6) is 5.75 Å². The molecule has 0 aliphatic heterocycles. The molecule has 21 heavy (non-hydrogen) atoms. The molecule has 3 heteroatoms. The Bertz CT molecular complexity index is 611. The summed E-state index contributed by atoms with van der Waals surface area (Å²) in [5.41, 5.74) is 4.10.